The van der Waals surface area contributed by atoms with E-state index in [-0.39, 0.29) is 5.91 Å². The summed E-state index contributed by atoms with van der Waals surface area (Å²) >= 11 is 0. The molecule has 1 aliphatic heterocycles. The van der Waals surface area contributed by atoms with Gasteiger partial charge in [-0.1, -0.05) is 0 Å². The second kappa shape index (κ2) is 5.90. The number of hydrogen-bond donors (Lipinski definition) is 2. The highest BCUT2D eigenvalue weighted by molar-refractivity contribution is 6.07. The molecule has 0 fully saturated rings. The Bertz CT molecular complexity index is 1130. The van der Waals surface area contributed by atoms with Crippen LogP contribution in [0.3, 0.4) is 0 Å². The van der Waals surface area contributed by atoms with Crippen LogP contribution in [0.2, 0.25) is 0 Å². The quantitative estimate of drug-likeness (QED) is 0.667. The van der Waals surface area contributed by atoms with Crippen molar-refractivity contribution in [2.24, 2.45) is 5.73 Å². The Kier molecular flexibility index (Phi) is 3.65. The third kappa shape index (κ3) is 2.43. The molecule has 1 aliphatic rings. The molecule has 9 heteroatoms. The van der Waals surface area contributed by atoms with Gasteiger partial charge in [-0.05, 0) is 36.2 Å². The number of benzene rings is 1. The van der Waals surface area contributed by atoms with Gasteiger partial charge in [0, 0.05) is 17.4 Å². The maximum Gasteiger partial charge on any atom is 0.339 e. The topological polar surface area (TPSA) is 129 Å². The van der Waals surface area contributed by atoms with Gasteiger partial charge in [-0.15, -0.1) is 0 Å². The van der Waals surface area contributed by atoms with E-state index in [1.807, 2.05) is 0 Å². The van der Waals surface area contributed by atoms with E-state index in [2.05, 4.69) is 15.4 Å². The van der Waals surface area contributed by atoms with Gasteiger partial charge in [-0.25, -0.2) is 14.3 Å². The van der Waals surface area contributed by atoms with Gasteiger partial charge in [0.05, 0.1) is 23.9 Å². The number of methoxy groups -OCH3 is 1. The highest BCUT2D eigenvalue weighted by atomic mass is 16.5. The van der Waals surface area contributed by atoms with Gasteiger partial charge in [0.15, 0.2) is 0 Å². The van der Waals surface area contributed by atoms with Gasteiger partial charge >= 0.3 is 5.97 Å². The average Bonchev–Trinajstić information content (AvgIpc) is 3.16. The number of fused-ring (bicyclic) bond motifs is 2. The molecule has 3 heterocycles. The number of aryl methyl sites for hydroxylation is 1. The summed E-state index contributed by atoms with van der Waals surface area (Å²) in [6.07, 6.45) is 2.85. The minimum absolute atomic E-state index is 0.285. The molecule has 0 aliphatic carbocycles. The zero-order valence-electron chi connectivity index (χ0n) is 14.5. The number of nitrogens with one attached hydrogen (secondary N) is 1. The predicted octanol–water partition coefficient (Wildman–Crippen LogP) is 1.01. The zero-order chi connectivity index (χ0) is 19.3. The van der Waals surface area contributed by atoms with E-state index in [1.54, 1.807) is 25.1 Å². The summed E-state index contributed by atoms with van der Waals surface area (Å²) in [5.74, 6) is -2.14. The highest BCUT2D eigenvalue weighted by Gasteiger charge is 2.36. The summed E-state index contributed by atoms with van der Waals surface area (Å²) in [6.45, 7) is 1.74. The van der Waals surface area contributed by atoms with Crippen LogP contribution in [0.4, 0.5) is 5.69 Å². The molecule has 4 rings (SSSR count). The maximum atomic E-state index is 12.7. The van der Waals surface area contributed by atoms with Crippen molar-refractivity contribution in [2.75, 3.05) is 12.4 Å². The van der Waals surface area contributed by atoms with Crippen molar-refractivity contribution in [3.8, 4) is 0 Å². The zero-order valence-corrected chi connectivity index (χ0v) is 14.5. The summed E-state index contributed by atoms with van der Waals surface area (Å²) in [5.41, 5.74) is 8.75. The Labute approximate surface area is 153 Å². The van der Waals surface area contributed by atoms with Crippen molar-refractivity contribution in [1.29, 1.82) is 0 Å². The Morgan fingerprint density at radius 1 is 1.33 bits per heavy atom. The van der Waals surface area contributed by atoms with E-state index in [9.17, 15) is 14.4 Å². The number of carbonyl (C=O) groups is 3. The molecule has 0 saturated carbocycles. The van der Waals surface area contributed by atoms with E-state index in [4.69, 9.17) is 10.5 Å². The lowest BCUT2D eigenvalue weighted by Gasteiger charge is -2.11. The van der Waals surface area contributed by atoms with Gasteiger partial charge < -0.3 is 15.8 Å². The van der Waals surface area contributed by atoms with Crippen molar-refractivity contribution in [2.45, 2.75) is 12.8 Å². The van der Waals surface area contributed by atoms with Gasteiger partial charge in [-0.3, -0.25) is 9.59 Å². The van der Waals surface area contributed by atoms with Crippen LogP contribution in [-0.2, 0) is 9.53 Å². The van der Waals surface area contributed by atoms with E-state index in [0.717, 1.165) is 0 Å². The molecule has 3 N–H and O–H groups in total. The summed E-state index contributed by atoms with van der Waals surface area (Å²) in [4.78, 5) is 40.5. The lowest BCUT2D eigenvalue weighted by atomic mass is 9.93. The molecule has 9 nitrogen and oxygen atoms in total. The third-order valence-electron chi connectivity index (χ3n) is 4.70. The Hall–Kier alpha value is -3.75. The number of nitrogens with zero attached hydrogens (tertiary/aromatic N) is 3. The van der Waals surface area contributed by atoms with E-state index < -0.39 is 17.8 Å². The Morgan fingerprint density at radius 3 is 2.81 bits per heavy atom. The van der Waals surface area contributed by atoms with Gasteiger partial charge in [0.25, 0.3) is 0 Å². The smallest absolute Gasteiger partial charge is 0.339 e. The number of amides is 2. The van der Waals surface area contributed by atoms with E-state index in [1.165, 1.54) is 24.1 Å². The molecule has 27 heavy (non-hydrogen) atoms. The first-order valence-electron chi connectivity index (χ1n) is 8.08. The number of carbonyl (C=O) groups excluding carboxylic acids is 3. The van der Waals surface area contributed by atoms with Crippen molar-refractivity contribution in [3.05, 3.63) is 58.7 Å². The molecule has 3 aromatic rings. The molecule has 136 valence electrons. The fourth-order valence-corrected chi connectivity index (χ4v) is 3.40. The molecule has 1 aromatic carbocycles. The largest absolute Gasteiger partial charge is 0.465 e. The third-order valence-corrected chi connectivity index (χ3v) is 4.70. The van der Waals surface area contributed by atoms with Crippen molar-refractivity contribution in [3.63, 3.8) is 0 Å². The molecular weight excluding hydrogens is 350 g/mol. The van der Waals surface area contributed by atoms with Crippen molar-refractivity contribution < 1.29 is 19.1 Å². The Morgan fingerprint density at radius 2 is 2.11 bits per heavy atom. The molecule has 2 amide bonds. The fraction of sp³-hybridized carbons (Fsp3) is 0.167. The number of rotatable bonds is 3. The molecule has 0 spiro atoms. The van der Waals surface area contributed by atoms with Crippen LogP contribution < -0.4 is 11.1 Å². The SMILES string of the molecule is COC(=O)c1cn2ncnc(C3C(=O)Nc4ccc(C(N)=O)cc43)c2c1C. The summed E-state index contributed by atoms with van der Waals surface area (Å²) < 4.78 is 6.29. The van der Waals surface area contributed by atoms with Gasteiger partial charge in [-0.2, -0.15) is 5.10 Å². The first-order chi connectivity index (χ1) is 12.9. The number of ether oxygens (including phenoxy) is 1. The second-order valence-corrected chi connectivity index (χ2v) is 6.19. The van der Waals surface area contributed by atoms with Crippen LogP contribution in [0.15, 0.2) is 30.7 Å². The number of nitrogens with two attached hydrogens (primary N) is 1. The van der Waals surface area contributed by atoms with Crippen LogP contribution in [0, 0.1) is 6.92 Å². The fourth-order valence-electron chi connectivity index (χ4n) is 3.40. The monoisotopic (exact) mass is 365 g/mol. The van der Waals surface area contributed by atoms with Crippen LogP contribution in [0.1, 0.15) is 43.5 Å². The molecule has 1 atom stereocenters. The minimum Gasteiger partial charge on any atom is -0.465 e. The summed E-state index contributed by atoms with van der Waals surface area (Å²) in [6, 6.07) is 4.77. The van der Waals surface area contributed by atoms with Crippen molar-refractivity contribution in [1.82, 2.24) is 14.6 Å². The van der Waals surface area contributed by atoms with Crippen LogP contribution in [-0.4, -0.2) is 39.5 Å². The van der Waals surface area contributed by atoms with Crippen LogP contribution >= 0.6 is 0 Å². The lowest BCUT2D eigenvalue weighted by Crippen LogP contribution is -2.16. The normalized spacial score (nSPS) is 15.5. The number of esters is 1. The molecule has 0 saturated heterocycles. The molecule has 0 radical (unpaired) electrons. The van der Waals surface area contributed by atoms with Gasteiger partial charge in [0.2, 0.25) is 11.8 Å². The molecule has 0 bridgehead atoms. The van der Waals surface area contributed by atoms with Crippen molar-refractivity contribution >= 4 is 29.0 Å². The maximum absolute atomic E-state index is 12.7. The van der Waals surface area contributed by atoms with E-state index in [0.29, 0.717) is 39.2 Å². The molecule has 1 unspecified atom stereocenters. The molecule has 2 aromatic heterocycles. The first kappa shape index (κ1) is 16.7. The van der Waals surface area contributed by atoms with E-state index >= 15 is 0 Å². The first-order valence-corrected chi connectivity index (χ1v) is 8.08. The number of hydrogen-bond acceptors (Lipinski definition) is 6. The number of primary amides is 1. The highest BCUT2D eigenvalue weighted by Crippen LogP contribution is 2.39. The van der Waals surface area contributed by atoms with Crippen LogP contribution in [0.25, 0.3) is 5.52 Å². The van der Waals surface area contributed by atoms with Gasteiger partial charge in [0.1, 0.15) is 12.2 Å². The average molecular weight is 365 g/mol. The minimum atomic E-state index is -0.760. The summed E-state index contributed by atoms with van der Waals surface area (Å²) in [7, 11) is 1.29. The number of aromatic nitrogens is 3. The lowest BCUT2D eigenvalue weighted by molar-refractivity contribution is -0.116. The molecular formula is C18H15N5O4. The van der Waals surface area contributed by atoms with Crippen LogP contribution in [0.5, 0.6) is 0 Å². The Balaban J connectivity index is 1.95. The predicted molar refractivity (Wildman–Crippen MR) is 94.5 cm³/mol. The standard InChI is InChI=1S/C18H15N5O4/c1-8-11(18(26)27-2)6-23-15(8)14(20-7-21-23)13-10-5-9(16(19)24)3-4-12(10)22-17(13)25/h3-7,13H,1-2H3,(H2,19,24)(H,22,25). The number of anilines is 1. The summed E-state index contributed by atoms with van der Waals surface area (Å²) in [5, 5.41) is 6.91. The second-order valence-electron chi connectivity index (χ2n) is 6.19.